The van der Waals surface area contributed by atoms with E-state index in [-0.39, 0.29) is 29.9 Å². The number of rotatable bonds is 9. The summed E-state index contributed by atoms with van der Waals surface area (Å²) in [4.78, 5) is 28.1. The molecule has 0 radical (unpaired) electrons. The Labute approximate surface area is 203 Å². The lowest BCUT2D eigenvalue weighted by atomic mass is 9.97. The van der Waals surface area contributed by atoms with E-state index in [9.17, 15) is 4.79 Å². The minimum Gasteiger partial charge on any atom is -0.357 e. The Morgan fingerprint density at radius 3 is 2.50 bits per heavy atom. The Morgan fingerprint density at radius 1 is 1.30 bits per heavy atom. The van der Waals surface area contributed by atoms with Crippen molar-refractivity contribution in [3.63, 3.8) is 0 Å². The maximum absolute atomic E-state index is 12.4. The first-order valence-corrected chi connectivity index (χ1v) is 11.7. The number of halogens is 1. The number of guanidine groups is 1. The zero-order chi connectivity index (χ0) is 21.2. The van der Waals surface area contributed by atoms with Crippen LogP contribution in [0.2, 0.25) is 0 Å². The lowest BCUT2D eigenvalue weighted by Crippen LogP contribution is -2.46. The lowest BCUT2D eigenvalue weighted by Gasteiger charge is -2.31. The fourth-order valence-electron chi connectivity index (χ4n) is 3.68. The molecule has 2 heterocycles. The molecular formula is C21H39IN6OS. The van der Waals surface area contributed by atoms with Crippen molar-refractivity contribution in [3.8, 4) is 0 Å². The Bertz CT molecular complexity index is 656. The number of thiazole rings is 1. The van der Waals surface area contributed by atoms with Gasteiger partial charge in [0.05, 0.1) is 17.2 Å². The number of carbonyl (C=O) groups is 1. The first-order valence-electron chi connectivity index (χ1n) is 10.9. The van der Waals surface area contributed by atoms with Gasteiger partial charge in [-0.2, -0.15) is 0 Å². The number of hydrogen-bond acceptors (Lipinski definition) is 5. The Hall–Kier alpha value is -0.940. The first kappa shape index (κ1) is 27.1. The third-order valence-electron chi connectivity index (χ3n) is 5.44. The van der Waals surface area contributed by atoms with Crippen molar-refractivity contribution < 1.29 is 4.79 Å². The third kappa shape index (κ3) is 8.66. The summed E-state index contributed by atoms with van der Waals surface area (Å²) < 4.78 is 0. The predicted octanol–water partition coefficient (Wildman–Crippen LogP) is 3.05. The van der Waals surface area contributed by atoms with E-state index in [1.165, 1.54) is 5.69 Å². The van der Waals surface area contributed by atoms with Gasteiger partial charge in [-0.05, 0) is 59.5 Å². The molecule has 1 amide bonds. The highest BCUT2D eigenvalue weighted by molar-refractivity contribution is 14.0. The molecule has 0 aromatic carbocycles. The van der Waals surface area contributed by atoms with Gasteiger partial charge in [-0.25, -0.2) is 4.98 Å². The van der Waals surface area contributed by atoms with Crippen molar-refractivity contribution in [2.75, 3.05) is 52.9 Å². The van der Waals surface area contributed by atoms with E-state index in [0.29, 0.717) is 12.5 Å². The Balaban J connectivity index is 0.00000450. The molecule has 0 saturated carbocycles. The van der Waals surface area contributed by atoms with E-state index in [1.54, 1.807) is 11.3 Å². The zero-order valence-electron chi connectivity index (χ0n) is 19.2. The van der Waals surface area contributed by atoms with E-state index < -0.39 is 0 Å². The molecule has 1 N–H and O–H groups in total. The monoisotopic (exact) mass is 550 g/mol. The molecular weight excluding hydrogens is 511 g/mol. The van der Waals surface area contributed by atoms with Crippen LogP contribution in [0.15, 0.2) is 10.4 Å². The number of hydrogen-bond donors (Lipinski definition) is 1. The molecule has 2 rings (SSSR count). The summed E-state index contributed by atoms with van der Waals surface area (Å²) in [6.45, 7) is 14.8. The van der Waals surface area contributed by atoms with Crippen LogP contribution in [0.1, 0.15) is 44.3 Å². The highest BCUT2D eigenvalue weighted by atomic mass is 127. The zero-order valence-corrected chi connectivity index (χ0v) is 22.3. The van der Waals surface area contributed by atoms with Crippen LogP contribution in [0.3, 0.4) is 0 Å². The smallest absolute Gasteiger partial charge is 0.242 e. The molecule has 0 spiro atoms. The van der Waals surface area contributed by atoms with E-state index >= 15 is 0 Å². The summed E-state index contributed by atoms with van der Waals surface area (Å²) in [7, 11) is 1.95. The SMILES string of the molecule is CCNC(=NCC1CCN(Cc2csc(C)n2)CC1)N(C)CC(=O)N(CC)CC.I. The molecule has 7 nitrogen and oxygen atoms in total. The maximum Gasteiger partial charge on any atom is 0.242 e. The van der Waals surface area contributed by atoms with Crippen LogP contribution in [0.25, 0.3) is 0 Å². The number of aromatic nitrogens is 1. The summed E-state index contributed by atoms with van der Waals surface area (Å²) in [5, 5.41) is 6.65. The van der Waals surface area contributed by atoms with Crippen LogP contribution in [-0.4, -0.2) is 84.4 Å². The van der Waals surface area contributed by atoms with Gasteiger partial charge in [0.2, 0.25) is 5.91 Å². The van der Waals surface area contributed by atoms with Gasteiger partial charge in [-0.15, -0.1) is 35.3 Å². The van der Waals surface area contributed by atoms with Gasteiger partial charge in [0, 0.05) is 45.2 Å². The molecule has 1 aliphatic rings. The van der Waals surface area contributed by atoms with E-state index in [0.717, 1.165) is 69.6 Å². The van der Waals surface area contributed by atoms with Gasteiger partial charge in [0.1, 0.15) is 0 Å². The molecule has 1 aromatic heterocycles. The van der Waals surface area contributed by atoms with Crippen LogP contribution in [0, 0.1) is 12.8 Å². The number of aryl methyl sites for hydroxylation is 1. The molecule has 9 heteroatoms. The summed E-state index contributed by atoms with van der Waals surface area (Å²) in [5.74, 6) is 1.58. The molecule has 1 aromatic rings. The molecule has 30 heavy (non-hydrogen) atoms. The normalized spacial score (nSPS) is 15.6. The average molecular weight is 551 g/mol. The highest BCUT2D eigenvalue weighted by Gasteiger charge is 2.21. The molecule has 0 aliphatic carbocycles. The van der Waals surface area contributed by atoms with Crippen molar-refractivity contribution in [1.82, 2.24) is 25.0 Å². The van der Waals surface area contributed by atoms with Crippen molar-refractivity contribution in [1.29, 1.82) is 0 Å². The number of amides is 1. The number of piperidine rings is 1. The number of aliphatic imine (C=N–C) groups is 1. The fourth-order valence-corrected chi connectivity index (χ4v) is 4.28. The van der Waals surface area contributed by atoms with Gasteiger partial charge in [0.25, 0.3) is 0 Å². The van der Waals surface area contributed by atoms with Crippen molar-refractivity contribution in [3.05, 3.63) is 16.1 Å². The molecule has 1 saturated heterocycles. The number of nitrogens with zero attached hydrogens (tertiary/aromatic N) is 5. The molecule has 1 fully saturated rings. The minimum atomic E-state index is 0. The van der Waals surface area contributed by atoms with Crippen LogP contribution >= 0.6 is 35.3 Å². The third-order valence-corrected chi connectivity index (χ3v) is 6.27. The Kier molecular flexibility index (Phi) is 12.8. The standard InChI is InChI=1S/C21H38N6OS.HI/c1-6-22-21(25(5)15-20(28)27(7-2)8-3)23-13-18-9-11-26(12-10-18)14-19-16-29-17(4)24-19;/h16,18H,6-15H2,1-5H3,(H,22,23);1H. The van der Waals surface area contributed by atoms with Gasteiger partial charge >= 0.3 is 0 Å². The van der Waals surface area contributed by atoms with E-state index in [2.05, 4.69) is 34.4 Å². The fraction of sp³-hybridized carbons (Fsp3) is 0.762. The molecule has 0 unspecified atom stereocenters. The van der Waals surface area contributed by atoms with Crippen molar-refractivity contribution in [2.45, 2.75) is 47.1 Å². The first-order chi connectivity index (χ1) is 14.0. The van der Waals surface area contributed by atoms with Gasteiger partial charge in [0.15, 0.2) is 5.96 Å². The summed E-state index contributed by atoms with van der Waals surface area (Å²) in [5.41, 5.74) is 1.19. The second kappa shape index (κ2) is 14.2. The number of likely N-dealkylation sites (tertiary alicyclic amines) is 1. The molecule has 172 valence electrons. The number of nitrogens with one attached hydrogen (secondary N) is 1. The summed E-state index contributed by atoms with van der Waals surface area (Å²) in [6, 6.07) is 0. The number of carbonyl (C=O) groups excluding carboxylic acids is 1. The largest absolute Gasteiger partial charge is 0.357 e. The van der Waals surface area contributed by atoms with Gasteiger partial charge in [-0.3, -0.25) is 14.7 Å². The van der Waals surface area contributed by atoms with Gasteiger partial charge < -0.3 is 15.1 Å². The quantitative estimate of drug-likeness (QED) is 0.291. The highest BCUT2D eigenvalue weighted by Crippen LogP contribution is 2.20. The summed E-state index contributed by atoms with van der Waals surface area (Å²) in [6.07, 6.45) is 2.32. The van der Waals surface area contributed by atoms with Crippen LogP contribution in [0.4, 0.5) is 0 Å². The maximum atomic E-state index is 12.4. The Morgan fingerprint density at radius 2 is 1.97 bits per heavy atom. The molecule has 1 aliphatic heterocycles. The predicted molar refractivity (Wildman–Crippen MR) is 137 cm³/mol. The summed E-state index contributed by atoms with van der Waals surface area (Å²) >= 11 is 1.73. The minimum absolute atomic E-state index is 0. The second-order valence-electron chi connectivity index (χ2n) is 7.69. The topological polar surface area (TPSA) is 64.1 Å². The van der Waals surface area contributed by atoms with Crippen LogP contribution in [-0.2, 0) is 11.3 Å². The number of likely N-dealkylation sites (N-methyl/N-ethyl adjacent to an activating group) is 2. The van der Waals surface area contributed by atoms with Crippen LogP contribution < -0.4 is 5.32 Å². The lowest BCUT2D eigenvalue weighted by molar-refractivity contribution is -0.131. The van der Waals surface area contributed by atoms with E-state index in [4.69, 9.17) is 4.99 Å². The second-order valence-corrected chi connectivity index (χ2v) is 8.76. The van der Waals surface area contributed by atoms with Gasteiger partial charge in [-0.1, -0.05) is 0 Å². The van der Waals surface area contributed by atoms with Crippen molar-refractivity contribution in [2.24, 2.45) is 10.9 Å². The average Bonchev–Trinajstić information content (AvgIpc) is 3.11. The molecule has 0 bridgehead atoms. The molecule has 0 atom stereocenters. The van der Waals surface area contributed by atoms with Crippen LogP contribution in [0.5, 0.6) is 0 Å². The van der Waals surface area contributed by atoms with Crippen molar-refractivity contribution >= 4 is 47.2 Å². The van der Waals surface area contributed by atoms with E-state index in [1.807, 2.05) is 30.7 Å².